The standard InChI is InChI=1S/C33H20F10O3/c1-2-3-17-15-44-31(45-16-17)18-4-6-22(25(34)11-18)20-13-27(36)29(28(37)14-20)33(42,43)46-21-5-7-23-19(10-21)12-26(35)24(30(23)38)8-9-32(39,40)41/h2,4-7,10-14,17,31H,1,3,15-16H2. The zero-order valence-corrected chi connectivity index (χ0v) is 23.3. The van der Waals surface area contributed by atoms with Gasteiger partial charge in [0.15, 0.2) is 6.29 Å². The van der Waals surface area contributed by atoms with Crippen LogP contribution in [0.1, 0.15) is 29.4 Å². The molecule has 1 aliphatic heterocycles. The lowest BCUT2D eigenvalue weighted by atomic mass is 10.00. The van der Waals surface area contributed by atoms with Gasteiger partial charge >= 0.3 is 12.3 Å². The number of allylic oxidation sites excluding steroid dienone is 1. The van der Waals surface area contributed by atoms with Gasteiger partial charge in [0.1, 0.15) is 40.4 Å². The van der Waals surface area contributed by atoms with Crippen LogP contribution in [0.5, 0.6) is 5.75 Å². The molecule has 0 spiro atoms. The average molecular weight is 655 g/mol. The van der Waals surface area contributed by atoms with Gasteiger partial charge in [0, 0.05) is 28.4 Å². The van der Waals surface area contributed by atoms with E-state index in [1.54, 1.807) is 6.08 Å². The normalized spacial score (nSPS) is 17.0. The van der Waals surface area contributed by atoms with Gasteiger partial charge in [-0.1, -0.05) is 24.1 Å². The van der Waals surface area contributed by atoms with E-state index in [0.29, 0.717) is 43.9 Å². The van der Waals surface area contributed by atoms with Crippen LogP contribution in [-0.4, -0.2) is 19.4 Å². The molecular formula is C33H20F10O3. The monoisotopic (exact) mass is 654 g/mol. The summed E-state index contributed by atoms with van der Waals surface area (Å²) in [6, 6.07) is 7.33. The molecule has 0 aromatic heterocycles. The van der Waals surface area contributed by atoms with Gasteiger partial charge in [-0.15, -0.1) is 6.58 Å². The summed E-state index contributed by atoms with van der Waals surface area (Å²) in [6.45, 7) is 4.32. The van der Waals surface area contributed by atoms with Gasteiger partial charge in [-0.2, -0.15) is 22.0 Å². The van der Waals surface area contributed by atoms with Crippen molar-refractivity contribution in [2.45, 2.75) is 25.0 Å². The van der Waals surface area contributed by atoms with E-state index >= 15 is 13.2 Å². The predicted molar refractivity (Wildman–Crippen MR) is 146 cm³/mol. The molecule has 0 aliphatic carbocycles. The second-order valence-corrected chi connectivity index (χ2v) is 10.2. The van der Waals surface area contributed by atoms with Gasteiger partial charge in [-0.3, -0.25) is 0 Å². The molecule has 3 nitrogen and oxygen atoms in total. The maximum absolute atomic E-state index is 15.1. The third kappa shape index (κ3) is 6.98. The van der Waals surface area contributed by atoms with Crippen molar-refractivity contribution in [2.75, 3.05) is 13.2 Å². The first kappa shape index (κ1) is 32.8. The Morgan fingerprint density at radius 1 is 0.826 bits per heavy atom. The van der Waals surface area contributed by atoms with E-state index in [1.165, 1.54) is 18.1 Å². The Balaban J connectivity index is 1.38. The second kappa shape index (κ2) is 12.7. The van der Waals surface area contributed by atoms with Crippen molar-refractivity contribution in [3.05, 3.63) is 113 Å². The summed E-state index contributed by atoms with van der Waals surface area (Å²) in [5.41, 5.74) is -3.46. The van der Waals surface area contributed by atoms with E-state index in [1.807, 2.05) is 0 Å². The van der Waals surface area contributed by atoms with Crippen LogP contribution in [0.25, 0.3) is 21.9 Å². The Labute approximate surface area is 255 Å². The second-order valence-electron chi connectivity index (χ2n) is 10.2. The summed E-state index contributed by atoms with van der Waals surface area (Å²) < 4.78 is 157. The van der Waals surface area contributed by atoms with Gasteiger partial charge in [0.25, 0.3) is 0 Å². The van der Waals surface area contributed by atoms with E-state index in [-0.39, 0.29) is 17.0 Å². The summed E-state index contributed by atoms with van der Waals surface area (Å²) in [5.74, 6) is -6.15. The summed E-state index contributed by atoms with van der Waals surface area (Å²) in [5, 5.41) is -0.909. The van der Waals surface area contributed by atoms with E-state index in [2.05, 4.69) is 11.3 Å². The first-order valence-corrected chi connectivity index (χ1v) is 13.4. The lowest BCUT2D eigenvalue weighted by Crippen LogP contribution is -2.26. The molecule has 1 heterocycles. The zero-order valence-electron chi connectivity index (χ0n) is 23.3. The number of benzene rings is 4. The predicted octanol–water partition coefficient (Wildman–Crippen LogP) is 9.48. The Morgan fingerprint density at radius 2 is 1.50 bits per heavy atom. The first-order chi connectivity index (χ1) is 21.7. The van der Waals surface area contributed by atoms with Crippen molar-refractivity contribution in [3.63, 3.8) is 0 Å². The molecule has 5 rings (SSSR count). The van der Waals surface area contributed by atoms with Crippen LogP contribution in [0, 0.1) is 46.8 Å². The van der Waals surface area contributed by atoms with E-state index in [0.717, 1.165) is 24.1 Å². The highest BCUT2D eigenvalue weighted by Crippen LogP contribution is 2.39. The fourth-order valence-electron chi connectivity index (χ4n) is 4.84. The van der Waals surface area contributed by atoms with E-state index < -0.39 is 80.9 Å². The number of hydrogen-bond acceptors (Lipinski definition) is 3. The first-order valence-electron chi connectivity index (χ1n) is 13.4. The molecule has 13 heteroatoms. The number of hydrogen-bond donors (Lipinski definition) is 0. The molecule has 1 aliphatic rings. The maximum Gasteiger partial charge on any atom is 0.458 e. The molecule has 240 valence electrons. The van der Waals surface area contributed by atoms with Crippen LogP contribution in [0.3, 0.4) is 0 Å². The SMILES string of the molecule is C=CCC1COC(c2ccc(-c3cc(F)c(C(F)(F)Oc4ccc5c(F)c(C#CC(F)(F)F)c(F)cc5c4)c(F)c3)c(F)c2)OC1. The van der Waals surface area contributed by atoms with E-state index in [9.17, 15) is 30.7 Å². The van der Waals surface area contributed by atoms with Gasteiger partial charge in [-0.25, -0.2) is 22.0 Å². The summed E-state index contributed by atoms with van der Waals surface area (Å²) in [6.07, 6.45) is -8.23. The minimum Gasteiger partial charge on any atom is -0.429 e. The van der Waals surface area contributed by atoms with Crippen LogP contribution in [-0.2, 0) is 15.6 Å². The topological polar surface area (TPSA) is 27.7 Å². The number of alkyl halides is 5. The number of halogens is 10. The van der Waals surface area contributed by atoms with Gasteiger partial charge < -0.3 is 14.2 Å². The molecule has 4 aromatic carbocycles. The minimum atomic E-state index is -5.03. The van der Waals surface area contributed by atoms with Crippen molar-refractivity contribution in [2.24, 2.45) is 5.92 Å². The number of rotatable bonds is 7. The van der Waals surface area contributed by atoms with Crippen molar-refractivity contribution in [1.29, 1.82) is 0 Å². The molecule has 0 atom stereocenters. The molecule has 1 fully saturated rings. The summed E-state index contributed by atoms with van der Waals surface area (Å²) in [7, 11) is 0. The number of ether oxygens (including phenoxy) is 3. The van der Waals surface area contributed by atoms with Crippen LogP contribution in [0.2, 0.25) is 0 Å². The molecule has 0 radical (unpaired) electrons. The molecule has 0 amide bonds. The van der Waals surface area contributed by atoms with Gasteiger partial charge in [-0.05, 0) is 59.8 Å². The molecule has 46 heavy (non-hydrogen) atoms. The largest absolute Gasteiger partial charge is 0.458 e. The minimum absolute atomic E-state index is 0.0831. The van der Waals surface area contributed by atoms with Crippen LogP contribution >= 0.6 is 0 Å². The summed E-state index contributed by atoms with van der Waals surface area (Å²) >= 11 is 0. The van der Waals surface area contributed by atoms with Gasteiger partial charge in [0.05, 0.1) is 18.8 Å². The Hall–Kier alpha value is -4.54. The van der Waals surface area contributed by atoms with Crippen molar-refractivity contribution in [3.8, 4) is 28.7 Å². The highest BCUT2D eigenvalue weighted by molar-refractivity contribution is 5.86. The third-order valence-electron chi connectivity index (χ3n) is 6.95. The molecule has 0 N–H and O–H groups in total. The van der Waals surface area contributed by atoms with Crippen molar-refractivity contribution < 1.29 is 58.1 Å². The smallest absolute Gasteiger partial charge is 0.429 e. The molecule has 4 aromatic rings. The molecule has 0 saturated carbocycles. The summed E-state index contributed by atoms with van der Waals surface area (Å²) in [4.78, 5) is 0. The Bertz CT molecular complexity index is 1840. The quantitative estimate of drug-likeness (QED) is 0.113. The number of fused-ring (bicyclic) bond motifs is 1. The fourth-order valence-corrected chi connectivity index (χ4v) is 4.84. The molecular weight excluding hydrogens is 634 g/mol. The van der Waals surface area contributed by atoms with Crippen molar-refractivity contribution >= 4 is 10.8 Å². The highest BCUT2D eigenvalue weighted by atomic mass is 19.4. The van der Waals surface area contributed by atoms with Crippen molar-refractivity contribution in [1.82, 2.24) is 0 Å². The van der Waals surface area contributed by atoms with Crippen LogP contribution < -0.4 is 4.74 Å². The maximum atomic E-state index is 15.1. The van der Waals surface area contributed by atoms with Crippen LogP contribution in [0.15, 0.2) is 67.3 Å². The van der Waals surface area contributed by atoms with Gasteiger partial charge in [0.2, 0.25) is 0 Å². The Kier molecular flexibility index (Phi) is 9.06. The molecule has 0 unspecified atom stereocenters. The zero-order chi connectivity index (χ0) is 33.4. The van der Waals surface area contributed by atoms with Crippen LogP contribution in [0.4, 0.5) is 43.9 Å². The molecule has 0 bridgehead atoms. The Morgan fingerprint density at radius 3 is 2.11 bits per heavy atom. The lowest BCUT2D eigenvalue weighted by molar-refractivity contribution is -0.204. The fraction of sp³-hybridized carbons (Fsp3) is 0.212. The lowest BCUT2D eigenvalue weighted by Gasteiger charge is -2.29. The highest BCUT2D eigenvalue weighted by Gasteiger charge is 2.41. The third-order valence-corrected chi connectivity index (χ3v) is 6.95. The van der Waals surface area contributed by atoms with E-state index in [4.69, 9.17) is 9.47 Å². The molecule has 1 saturated heterocycles. The average Bonchev–Trinajstić information content (AvgIpc) is 2.96.